The lowest BCUT2D eigenvalue weighted by Gasteiger charge is -2.31. The number of aliphatic hydroxyl groups is 1. The normalized spacial score (nSPS) is 36.9. The summed E-state index contributed by atoms with van der Waals surface area (Å²) in [5.41, 5.74) is -1.01. The molecule has 2 fully saturated rings. The second-order valence-electron chi connectivity index (χ2n) is 4.58. The highest BCUT2D eigenvalue weighted by atomic mass is 32.2. The number of rotatable bonds is 3. The number of sulfone groups is 1. The van der Waals surface area contributed by atoms with E-state index in [0.717, 1.165) is 12.8 Å². The average molecular weight is 219 g/mol. The van der Waals surface area contributed by atoms with Crippen LogP contribution in [0.1, 0.15) is 25.7 Å². The summed E-state index contributed by atoms with van der Waals surface area (Å²) in [5, 5.41) is 13.2. The lowest BCUT2D eigenvalue weighted by atomic mass is 10.00. The minimum atomic E-state index is -3.01. The van der Waals surface area contributed by atoms with E-state index in [1.165, 1.54) is 0 Å². The van der Waals surface area contributed by atoms with Gasteiger partial charge in [-0.1, -0.05) is 0 Å². The molecule has 0 radical (unpaired) electrons. The Morgan fingerprint density at radius 1 is 1.43 bits per heavy atom. The highest BCUT2D eigenvalue weighted by Gasteiger charge is 2.38. The van der Waals surface area contributed by atoms with Crippen molar-refractivity contribution in [2.24, 2.45) is 0 Å². The Morgan fingerprint density at radius 2 is 2.14 bits per heavy atom. The Labute approximate surface area is 84.6 Å². The van der Waals surface area contributed by atoms with Gasteiger partial charge in [0.15, 0.2) is 9.84 Å². The highest BCUT2D eigenvalue weighted by Crippen LogP contribution is 2.24. The van der Waals surface area contributed by atoms with Gasteiger partial charge in [-0.15, -0.1) is 0 Å². The molecule has 0 aromatic heterocycles. The van der Waals surface area contributed by atoms with Crippen LogP contribution < -0.4 is 5.32 Å². The van der Waals surface area contributed by atoms with Crippen LogP contribution in [0.4, 0.5) is 0 Å². The largest absolute Gasteiger partial charge is 0.388 e. The first-order chi connectivity index (χ1) is 6.49. The van der Waals surface area contributed by atoms with Gasteiger partial charge in [-0.25, -0.2) is 8.42 Å². The van der Waals surface area contributed by atoms with Crippen LogP contribution in [0.5, 0.6) is 0 Å². The lowest BCUT2D eigenvalue weighted by Crippen LogP contribution is -2.49. The molecule has 0 aromatic rings. The molecule has 14 heavy (non-hydrogen) atoms. The first kappa shape index (κ1) is 10.4. The van der Waals surface area contributed by atoms with Crippen LogP contribution in [0, 0.1) is 0 Å². The monoisotopic (exact) mass is 219 g/mol. The smallest absolute Gasteiger partial charge is 0.153 e. The van der Waals surface area contributed by atoms with E-state index in [2.05, 4.69) is 5.32 Å². The predicted molar refractivity (Wildman–Crippen MR) is 53.9 cm³/mol. The fraction of sp³-hybridized carbons (Fsp3) is 1.00. The van der Waals surface area contributed by atoms with Crippen LogP contribution in [0.2, 0.25) is 0 Å². The van der Waals surface area contributed by atoms with E-state index in [-0.39, 0.29) is 11.5 Å². The third kappa shape index (κ3) is 2.68. The molecule has 1 saturated carbocycles. The van der Waals surface area contributed by atoms with Crippen LogP contribution in [0.3, 0.4) is 0 Å². The quantitative estimate of drug-likeness (QED) is 0.682. The Bertz CT molecular complexity index is 310. The van der Waals surface area contributed by atoms with Gasteiger partial charge in [0.05, 0.1) is 17.1 Å². The van der Waals surface area contributed by atoms with Gasteiger partial charge in [0.2, 0.25) is 0 Å². The molecule has 2 rings (SSSR count). The van der Waals surface area contributed by atoms with Gasteiger partial charge in [0.1, 0.15) is 0 Å². The summed E-state index contributed by atoms with van der Waals surface area (Å²) in [7, 11) is -3.01. The van der Waals surface area contributed by atoms with Gasteiger partial charge in [-0.3, -0.25) is 0 Å². The third-order valence-electron chi connectivity index (χ3n) is 2.88. The van der Waals surface area contributed by atoms with Crippen molar-refractivity contribution >= 4 is 9.84 Å². The summed E-state index contributed by atoms with van der Waals surface area (Å²) in [6.07, 6.45) is 3.50. The molecular formula is C9H17NO3S. The predicted octanol–water partition coefficient (Wildman–Crippen LogP) is -0.322. The minimum absolute atomic E-state index is 0.0697. The van der Waals surface area contributed by atoms with E-state index >= 15 is 0 Å². The molecule has 0 aromatic carbocycles. The molecule has 1 aliphatic carbocycles. The van der Waals surface area contributed by atoms with Crippen molar-refractivity contribution in [3.63, 3.8) is 0 Å². The highest BCUT2D eigenvalue weighted by molar-refractivity contribution is 7.91. The van der Waals surface area contributed by atoms with E-state index < -0.39 is 15.4 Å². The summed E-state index contributed by atoms with van der Waals surface area (Å²) < 4.78 is 22.7. The zero-order valence-electron chi connectivity index (χ0n) is 8.20. The molecule has 5 heteroatoms. The molecule has 1 aliphatic heterocycles. The summed E-state index contributed by atoms with van der Waals surface area (Å²) in [4.78, 5) is 0. The second-order valence-corrected chi connectivity index (χ2v) is 6.76. The zero-order chi connectivity index (χ0) is 10.2. The van der Waals surface area contributed by atoms with E-state index in [1.807, 2.05) is 0 Å². The Hall–Kier alpha value is -0.130. The Morgan fingerprint density at radius 3 is 2.71 bits per heavy atom. The van der Waals surface area contributed by atoms with Crippen LogP contribution >= 0.6 is 0 Å². The topological polar surface area (TPSA) is 66.4 Å². The van der Waals surface area contributed by atoms with Crippen LogP contribution in [0.25, 0.3) is 0 Å². The molecule has 1 heterocycles. The summed E-state index contributed by atoms with van der Waals surface area (Å²) in [6.45, 7) is 0.427. The average Bonchev–Trinajstić information content (AvgIpc) is 2.81. The summed E-state index contributed by atoms with van der Waals surface area (Å²) in [5.74, 6) is 0.165. The SMILES string of the molecule is O=S1(=O)CCCC(O)(CNC2CC2)C1. The molecule has 2 aliphatic rings. The molecule has 1 unspecified atom stereocenters. The maximum atomic E-state index is 11.3. The molecule has 1 atom stereocenters. The van der Waals surface area contributed by atoms with Crippen molar-refractivity contribution < 1.29 is 13.5 Å². The van der Waals surface area contributed by atoms with Crippen LogP contribution in [-0.4, -0.2) is 43.2 Å². The fourth-order valence-electron chi connectivity index (χ4n) is 1.94. The molecule has 0 amide bonds. The van der Waals surface area contributed by atoms with Gasteiger partial charge < -0.3 is 10.4 Å². The Balaban J connectivity index is 1.92. The van der Waals surface area contributed by atoms with E-state index in [1.54, 1.807) is 0 Å². The third-order valence-corrected chi connectivity index (χ3v) is 4.77. The molecule has 4 nitrogen and oxygen atoms in total. The van der Waals surface area contributed by atoms with Crippen molar-refractivity contribution in [1.29, 1.82) is 0 Å². The molecule has 0 spiro atoms. The molecule has 82 valence electrons. The maximum absolute atomic E-state index is 11.3. The van der Waals surface area contributed by atoms with Gasteiger partial charge in [0.25, 0.3) is 0 Å². The lowest BCUT2D eigenvalue weighted by molar-refractivity contribution is 0.0494. The number of nitrogens with one attached hydrogen (secondary N) is 1. The molecule has 2 N–H and O–H groups in total. The summed E-state index contributed by atoms with van der Waals surface area (Å²) in [6, 6.07) is 0.517. The zero-order valence-corrected chi connectivity index (χ0v) is 9.02. The van der Waals surface area contributed by atoms with Gasteiger partial charge in [-0.05, 0) is 25.7 Å². The van der Waals surface area contributed by atoms with E-state index in [0.29, 0.717) is 25.4 Å². The van der Waals surface area contributed by atoms with Crippen molar-refractivity contribution in [2.75, 3.05) is 18.1 Å². The minimum Gasteiger partial charge on any atom is -0.388 e. The molecule has 0 bridgehead atoms. The van der Waals surface area contributed by atoms with Crippen LogP contribution in [0.15, 0.2) is 0 Å². The fourth-order valence-corrected chi connectivity index (χ4v) is 3.73. The van der Waals surface area contributed by atoms with Gasteiger partial charge >= 0.3 is 0 Å². The van der Waals surface area contributed by atoms with Crippen LogP contribution in [-0.2, 0) is 9.84 Å². The first-order valence-corrected chi connectivity index (χ1v) is 6.98. The van der Waals surface area contributed by atoms with E-state index in [4.69, 9.17) is 0 Å². The second kappa shape index (κ2) is 3.47. The van der Waals surface area contributed by atoms with Crippen molar-refractivity contribution in [2.45, 2.75) is 37.3 Å². The van der Waals surface area contributed by atoms with Gasteiger partial charge in [-0.2, -0.15) is 0 Å². The first-order valence-electron chi connectivity index (χ1n) is 5.15. The standard InChI is InChI=1S/C9H17NO3S/c11-9(6-10-8-2-3-8)4-1-5-14(12,13)7-9/h8,10-11H,1-7H2. The maximum Gasteiger partial charge on any atom is 0.153 e. The van der Waals surface area contributed by atoms with Gasteiger partial charge in [0, 0.05) is 12.6 Å². The van der Waals surface area contributed by atoms with Crippen molar-refractivity contribution in [1.82, 2.24) is 5.32 Å². The molecular weight excluding hydrogens is 202 g/mol. The van der Waals surface area contributed by atoms with E-state index in [9.17, 15) is 13.5 Å². The Kier molecular flexibility index (Phi) is 2.57. The van der Waals surface area contributed by atoms with Crippen molar-refractivity contribution in [3.8, 4) is 0 Å². The number of hydrogen-bond acceptors (Lipinski definition) is 4. The number of hydrogen-bond donors (Lipinski definition) is 2. The van der Waals surface area contributed by atoms with Crippen molar-refractivity contribution in [3.05, 3.63) is 0 Å². The molecule has 1 saturated heterocycles. The summed E-state index contributed by atoms with van der Waals surface area (Å²) >= 11 is 0.